The third-order valence-corrected chi connectivity index (χ3v) is 6.32. The summed E-state index contributed by atoms with van der Waals surface area (Å²) >= 11 is 1.49. The third kappa shape index (κ3) is 5.12. The number of thioether (sulfide) groups is 1. The van der Waals surface area contributed by atoms with Crippen molar-refractivity contribution in [3.63, 3.8) is 0 Å². The van der Waals surface area contributed by atoms with Gasteiger partial charge in [-0.2, -0.15) is 4.98 Å². The van der Waals surface area contributed by atoms with Gasteiger partial charge < -0.3 is 10.1 Å². The molecule has 0 radical (unpaired) electrons. The van der Waals surface area contributed by atoms with E-state index in [-0.39, 0.29) is 5.69 Å². The van der Waals surface area contributed by atoms with E-state index in [1.54, 1.807) is 23.7 Å². The van der Waals surface area contributed by atoms with E-state index in [4.69, 9.17) is 4.74 Å². The lowest BCUT2D eigenvalue weighted by molar-refractivity contribution is -0.384. The molecule has 1 aliphatic heterocycles. The minimum Gasteiger partial charge on any atom is -0.462 e. The Kier molecular flexibility index (Phi) is 7.27. The van der Waals surface area contributed by atoms with E-state index in [0.29, 0.717) is 40.3 Å². The number of carbonyl (C=O) groups is 1. The number of hydrogen-bond acceptors (Lipinski definition) is 8. The molecule has 2 heterocycles. The van der Waals surface area contributed by atoms with Gasteiger partial charge in [0, 0.05) is 23.6 Å². The first-order chi connectivity index (χ1) is 16.5. The number of esters is 1. The molecule has 2 aromatic carbocycles. The summed E-state index contributed by atoms with van der Waals surface area (Å²) in [5.74, 6) is 0.758. The smallest absolute Gasteiger partial charge is 0.338 e. The van der Waals surface area contributed by atoms with Gasteiger partial charge in [-0.1, -0.05) is 55.4 Å². The third-order valence-electron chi connectivity index (χ3n) is 5.41. The first-order valence-electron chi connectivity index (χ1n) is 11.0. The van der Waals surface area contributed by atoms with Gasteiger partial charge in [-0.3, -0.25) is 10.1 Å². The number of carbonyl (C=O) groups excluding carboxylic acids is 1. The Balaban J connectivity index is 1.68. The van der Waals surface area contributed by atoms with E-state index in [0.717, 1.165) is 18.4 Å². The van der Waals surface area contributed by atoms with Gasteiger partial charge >= 0.3 is 5.97 Å². The lowest BCUT2D eigenvalue weighted by atomic mass is 9.95. The molecular weight excluding hydrogens is 454 g/mol. The van der Waals surface area contributed by atoms with Crippen LogP contribution in [0.15, 0.2) is 71.0 Å². The van der Waals surface area contributed by atoms with Crippen LogP contribution in [0.1, 0.15) is 43.9 Å². The first-order valence-corrected chi connectivity index (χ1v) is 12.0. The number of nitro benzene ring substituents is 1. The molecule has 0 amide bonds. The number of ether oxygens (including phenoxy) is 1. The van der Waals surface area contributed by atoms with Crippen molar-refractivity contribution in [2.24, 2.45) is 0 Å². The molecule has 0 aliphatic carbocycles. The average Bonchev–Trinajstić information content (AvgIpc) is 3.25. The monoisotopic (exact) mass is 479 g/mol. The highest BCUT2D eigenvalue weighted by Crippen LogP contribution is 2.37. The van der Waals surface area contributed by atoms with Gasteiger partial charge in [0.05, 0.1) is 17.1 Å². The van der Waals surface area contributed by atoms with Crippen LogP contribution in [0.5, 0.6) is 0 Å². The number of nitrogens with one attached hydrogen (secondary N) is 1. The molecule has 1 aromatic heterocycles. The topological polar surface area (TPSA) is 112 Å². The van der Waals surface area contributed by atoms with Gasteiger partial charge in [-0.15, -0.1) is 5.10 Å². The summed E-state index contributed by atoms with van der Waals surface area (Å²) in [6, 6.07) is 15.5. The van der Waals surface area contributed by atoms with Crippen molar-refractivity contribution >= 4 is 29.4 Å². The molecule has 3 aromatic rings. The highest BCUT2D eigenvalue weighted by molar-refractivity contribution is 7.98. The summed E-state index contributed by atoms with van der Waals surface area (Å²) in [6.45, 7) is 4.14. The van der Waals surface area contributed by atoms with Gasteiger partial charge in [0.25, 0.3) is 5.69 Å². The summed E-state index contributed by atoms with van der Waals surface area (Å²) in [5, 5.41) is 19.5. The molecule has 0 bridgehead atoms. The van der Waals surface area contributed by atoms with E-state index in [2.05, 4.69) is 15.4 Å². The van der Waals surface area contributed by atoms with Crippen LogP contribution in [-0.4, -0.2) is 32.3 Å². The summed E-state index contributed by atoms with van der Waals surface area (Å²) in [5.41, 5.74) is 2.82. The molecule has 10 heteroatoms. The molecule has 0 fully saturated rings. The molecule has 176 valence electrons. The maximum atomic E-state index is 13.1. The maximum absolute atomic E-state index is 13.1. The highest BCUT2D eigenvalue weighted by atomic mass is 32.2. The molecule has 1 atom stereocenters. The summed E-state index contributed by atoms with van der Waals surface area (Å²) in [4.78, 5) is 28.4. The second-order valence-corrected chi connectivity index (χ2v) is 8.78. The Bertz CT molecular complexity index is 1210. The number of non-ortho nitro benzene ring substituents is 1. The molecule has 1 unspecified atom stereocenters. The number of nitrogens with zero attached hydrogens (tertiary/aromatic N) is 4. The number of hydrogen-bond donors (Lipinski definition) is 1. The Labute approximate surface area is 201 Å². The van der Waals surface area contributed by atoms with Gasteiger partial charge in [0.2, 0.25) is 11.1 Å². The average molecular weight is 480 g/mol. The van der Waals surface area contributed by atoms with Crippen molar-refractivity contribution in [3.8, 4) is 0 Å². The fourth-order valence-corrected chi connectivity index (χ4v) is 4.44. The van der Waals surface area contributed by atoms with Crippen LogP contribution in [-0.2, 0) is 15.3 Å². The van der Waals surface area contributed by atoms with Crippen LogP contribution in [0.25, 0.3) is 0 Å². The van der Waals surface area contributed by atoms with Crippen molar-refractivity contribution in [1.29, 1.82) is 0 Å². The van der Waals surface area contributed by atoms with Crippen LogP contribution >= 0.6 is 11.8 Å². The van der Waals surface area contributed by atoms with E-state index >= 15 is 0 Å². The molecule has 1 aliphatic rings. The Morgan fingerprint density at radius 2 is 1.94 bits per heavy atom. The zero-order chi connectivity index (χ0) is 24.1. The van der Waals surface area contributed by atoms with Crippen molar-refractivity contribution in [3.05, 3.63) is 87.1 Å². The molecule has 0 saturated heterocycles. The van der Waals surface area contributed by atoms with Crippen molar-refractivity contribution in [1.82, 2.24) is 14.8 Å². The molecular formula is C24H25N5O4S. The largest absolute Gasteiger partial charge is 0.462 e. The second-order valence-electron chi connectivity index (χ2n) is 7.84. The van der Waals surface area contributed by atoms with E-state index in [1.165, 1.54) is 23.9 Å². The normalized spacial score (nSPS) is 14.9. The van der Waals surface area contributed by atoms with E-state index in [1.807, 2.05) is 37.3 Å². The number of unbranched alkanes of at least 4 members (excludes halogenated alkanes) is 1. The van der Waals surface area contributed by atoms with E-state index in [9.17, 15) is 14.9 Å². The SMILES string of the molecule is CCCCOC(=O)C1=C(C)Nc2nc(SCc3ccccc3)nn2C1c1ccc([N+](=O)[O-])cc1. The summed E-state index contributed by atoms with van der Waals surface area (Å²) in [6.07, 6.45) is 1.67. The number of anilines is 1. The van der Waals surface area contributed by atoms with Gasteiger partial charge in [0.1, 0.15) is 6.04 Å². The number of rotatable bonds is 9. The van der Waals surface area contributed by atoms with Gasteiger partial charge in [0.15, 0.2) is 0 Å². The zero-order valence-corrected chi connectivity index (χ0v) is 19.7. The minimum absolute atomic E-state index is 0.0247. The van der Waals surface area contributed by atoms with E-state index < -0.39 is 16.9 Å². The van der Waals surface area contributed by atoms with Crippen LogP contribution in [0.4, 0.5) is 11.6 Å². The number of benzene rings is 2. The van der Waals surface area contributed by atoms with Crippen LogP contribution in [0, 0.1) is 10.1 Å². The van der Waals surface area contributed by atoms with Gasteiger partial charge in [-0.05, 0) is 36.6 Å². The van der Waals surface area contributed by atoms with Crippen LogP contribution < -0.4 is 5.32 Å². The predicted octanol–water partition coefficient (Wildman–Crippen LogP) is 5.11. The lowest BCUT2D eigenvalue weighted by Gasteiger charge is -2.28. The number of allylic oxidation sites excluding steroid dienone is 1. The standard InChI is InChI=1S/C24H25N5O4S/c1-3-4-14-33-22(30)20-16(2)25-23-26-24(34-15-17-8-6-5-7-9-17)27-28(23)21(20)18-10-12-19(13-11-18)29(31)32/h5-13,21H,3-4,14-15H2,1-2H3,(H,25,26,27). The first kappa shape index (κ1) is 23.5. The zero-order valence-electron chi connectivity index (χ0n) is 18.9. The summed E-state index contributed by atoms with van der Waals surface area (Å²) in [7, 11) is 0. The number of aromatic nitrogens is 3. The number of nitro groups is 1. The molecule has 34 heavy (non-hydrogen) atoms. The molecule has 1 N–H and O–H groups in total. The molecule has 0 saturated carbocycles. The Morgan fingerprint density at radius 3 is 2.62 bits per heavy atom. The molecule has 0 spiro atoms. The lowest BCUT2D eigenvalue weighted by Crippen LogP contribution is -2.29. The molecule has 9 nitrogen and oxygen atoms in total. The Morgan fingerprint density at radius 1 is 1.21 bits per heavy atom. The fraction of sp³-hybridized carbons (Fsp3) is 0.292. The van der Waals surface area contributed by atoms with Crippen molar-refractivity contribution < 1.29 is 14.5 Å². The maximum Gasteiger partial charge on any atom is 0.338 e. The van der Waals surface area contributed by atoms with Gasteiger partial charge in [-0.25, -0.2) is 9.48 Å². The van der Waals surface area contributed by atoms with Crippen molar-refractivity contribution in [2.45, 2.75) is 43.6 Å². The predicted molar refractivity (Wildman–Crippen MR) is 129 cm³/mol. The molecule has 4 rings (SSSR count). The van der Waals surface area contributed by atoms with Crippen LogP contribution in [0.3, 0.4) is 0 Å². The fourth-order valence-electron chi connectivity index (χ4n) is 3.65. The Hall–Kier alpha value is -3.66. The minimum atomic E-state index is -0.621. The second kappa shape index (κ2) is 10.5. The quantitative estimate of drug-likeness (QED) is 0.148. The van der Waals surface area contributed by atoms with Crippen LogP contribution in [0.2, 0.25) is 0 Å². The summed E-state index contributed by atoms with van der Waals surface area (Å²) < 4.78 is 7.17. The van der Waals surface area contributed by atoms with Crippen molar-refractivity contribution in [2.75, 3.05) is 11.9 Å². The number of fused-ring (bicyclic) bond motifs is 1. The highest BCUT2D eigenvalue weighted by Gasteiger charge is 2.35.